The highest BCUT2D eigenvalue weighted by Gasteiger charge is 2.33. The second-order valence-corrected chi connectivity index (χ2v) is 6.87. The van der Waals surface area contributed by atoms with E-state index in [1.165, 1.54) is 4.57 Å². The number of nitrogens with zero attached hydrogens (tertiary/aromatic N) is 4. The van der Waals surface area contributed by atoms with Gasteiger partial charge in [-0.25, -0.2) is 4.98 Å². The Balaban J connectivity index is 1.85. The van der Waals surface area contributed by atoms with Gasteiger partial charge in [-0.05, 0) is 39.1 Å². The molecular formula is C18H24N4O2. The molecule has 3 rings (SSSR count). The fraction of sp³-hybridized carbons (Fsp3) is 0.500. The van der Waals surface area contributed by atoms with Crippen molar-refractivity contribution in [2.45, 2.75) is 26.4 Å². The lowest BCUT2D eigenvalue weighted by atomic mass is 10.1. The molecule has 1 aromatic heterocycles. The van der Waals surface area contributed by atoms with Crippen molar-refractivity contribution in [2.24, 2.45) is 5.92 Å². The Morgan fingerprint density at radius 1 is 1.29 bits per heavy atom. The summed E-state index contributed by atoms with van der Waals surface area (Å²) in [5.41, 5.74) is 0.522. The van der Waals surface area contributed by atoms with Gasteiger partial charge in [-0.2, -0.15) is 0 Å². The van der Waals surface area contributed by atoms with E-state index in [0.717, 1.165) is 6.54 Å². The average molecular weight is 328 g/mol. The molecule has 0 aliphatic carbocycles. The summed E-state index contributed by atoms with van der Waals surface area (Å²) >= 11 is 0. The third kappa shape index (κ3) is 2.94. The van der Waals surface area contributed by atoms with E-state index in [1.54, 1.807) is 13.0 Å². The Hall–Kier alpha value is -2.21. The van der Waals surface area contributed by atoms with E-state index >= 15 is 0 Å². The summed E-state index contributed by atoms with van der Waals surface area (Å²) < 4.78 is 1.48. The molecule has 0 saturated carbocycles. The number of benzene rings is 1. The largest absolute Gasteiger partial charge is 0.339 e. The predicted molar refractivity (Wildman–Crippen MR) is 94.0 cm³/mol. The number of likely N-dealkylation sites (tertiary alicyclic amines) is 1. The highest BCUT2D eigenvalue weighted by atomic mass is 16.2. The molecule has 1 aliphatic rings. The number of rotatable bonds is 3. The fourth-order valence-corrected chi connectivity index (χ4v) is 3.53. The number of hydrogen-bond acceptors (Lipinski definition) is 4. The van der Waals surface area contributed by atoms with Gasteiger partial charge in [0.1, 0.15) is 12.4 Å². The van der Waals surface area contributed by atoms with Gasteiger partial charge in [0.15, 0.2) is 0 Å². The predicted octanol–water partition coefficient (Wildman–Crippen LogP) is 1.11. The summed E-state index contributed by atoms with van der Waals surface area (Å²) in [6.07, 6.45) is 0. The molecule has 0 N–H and O–H groups in total. The van der Waals surface area contributed by atoms with Crippen LogP contribution >= 0.6 is 0 Å². The van der Waals surface area contributed by atoms with Crippen LogP contribution in [0.15, 0.2) is 29.1 Å². The van der Waals surface area contributed by atoms with Gasteiger partial charge in [-0.3, -0.25) is 14.2 Å². The van der Waals surface area contributed by atoms with Gasteiger partial charge >= 0.3 is 0 Å². The van der Waals surface area contributed by atoms with Crippen LogP contribution in [0.3, 0.4) is 0 Å². The number of carbonyl (C=O) groups is 1. The molecule has 6 heteroatoms. The van der Waals surface area contributed by atoms with Crippen LogP contribution in [-0.4, -0.2) is 58.5 Å². The Bertz CT molecular complexity index is 827. The van der Waals surface area contributed by atoms with Crippen molar-refractivity contribution in [2.75, 3.05) is 27.2 Å². The van der Waals surface area contributed by atoms with Crippen molar-refractivity contribution in [3.63, 3.8) is 0 Å². The first-order valence-electron chi connectivity index (χ1n) is 8.29. The van der Waals surface area contributed by atoms with Crippen molar-refractivity contribution in [1.29, 1.82) is 0 Å². The average Bonchev–Trinajstić information content (AvgIpc) is 2.93. The van der Waals surface area contributed by atoms with E-state index < -0.39 is 0 Å². The molecule has 2 heterocycles. The molecule has 6 nitrogen and oxygen atoms in total. The standard InChI is InChI=1S/C18H24N4O2/c1-12-9-21(10-16(12)20(3)4)17(23)11-22-13(2)19-15-8-6-5-7-14(15)18(22)24/h5-8,12,16H,9-11H2,1-4H3/t12-,16-/m0/s1. The van der Waals surface area contributed by atoms with Gasteiger partial charge < -0.3 is 9.80 Å². The molecule has 0 bridgehead atoms. The van der Waals surface area contributed by atoms with Gasteiger partial charge in [-0.1, -0.05) is 19.1 Å². The quantitative estimate of drug-likeness (QED) is 0.847. The molecular weight excluding hydrogens is 304 g/mol. The van der Waals surface area contributed by atoms with Crippen LogP contribution < -0.4 is 5.56 Å². The normalized spacial score (nSPS) is 21.0. The number of aromatic nitrogens is 2. The van der Waals surface area contributed by atoms with Crippen LogP contribution in [0.2, 0.25) is 0 Å². The second-order valence-electron chi connectivity index (χ2n) is 6.87. The minimum absolute atomic E-state index is 0.0199. The van der Waals surface area contributed by atoms with Gasteiger partial charge in [0, 0.05) is 19.1 Å². The topological polar surface area (TPSA) is 58.4 Å². The molecule has 0 unspecified atom stereocenters. The third-order valence-corrected chi connectivity index (χ3v) is 4.93. The number of carbonyl (C=O) groups excluding carboxylic acids is 1. The molecule has 1 saturated heterocycles. The third-order valence-electron chi connectivity index (χ3n) is 4.93. The van der Waals surface area contributed by atoms with Crippen molar-refractivity contribution in [3.05, 3.63) is 40.4 Å². The fourth-order valence-electron chi connectivity index (χ4n) is 3.53. The number of likely N-dealkylation sites (N-methyl/N-ethyl adjacent to an activating group) is 1. The molecule has 24 heavy (non-hydrogen) atoms. The minimum atomic E-state index is -0.150. The number of hydrogen-bond donors (Lipinski definition) is 0. The summed E-state index contributed by atoms with van der Waals surface area (Å²) in [6, 6.07) is 7.61. The summed E-state index contributed by atoms with van der Waals surface area (Å²) in [5, 5.41) is 0.553. The van der Waals surface area contributed by atoms with Crippen molar-refractivity contribution < 1.29 is 4.79 Å². The van der Waals surface area contributed by atoms with Gasteiger partial charge in [0.2, 0.25) is 5.91 Å². The molecule has 2 atom stereocenters. The van der Waals surface area contributed by atoms with Crippen LogP contribution in [0.5, 0.6) is 0 Å². The molecule has 1 aromatic carbocycles. The van der Waals surface area contributed by atoms with Crippen molar-refractivity contribution in [1.82, 2.24) is 19.4 Å². The molecule has 0 spiro atoms. The summed E-state index contributed by atoms with van der Waals surface area (Å²) in [4.78, 5) is 33.8. The zero-order chi connectivity index (χ0) is 17.4. The first kappa shape index (κ1) is 16.6. The lowest BCUT2D eigenvalue weighted by Crippen LogP contribution is -2.38. The first-order chi connectivity index (χ1) is 11.4. The van der Waals surface area contributed by atoms with E-state index in [-0.39, 0.29) is 18.0 Å². The number of aryl methyl sites for hydroxylation is 1. The maximum Gasteiger partial charge on any atom is 0.261 e. The Kier molecular flexibility index (Phi) is 4.41. The minimum Gasteiger partial charge on any atom is -0.339 e. The van der Waals surface area contributed by atoms with E-state index in [9.17, 15) is 9.59 Å². The Morgan fingerprint density at radius 3 is 2.67 bits per heavy atom. The number of para-hydroxylation sites is 1. The Labute approximate surface area is 141 Å². The molecule has 0 radical (unpaired) electrons. The van der Waals surface area contributed by atoms with Crippen LogP contribution in [0.25, 0.3) is 10.9 Å². The summed E-state index contributed by atoms with van der Waals surface area (Å²) in [5.74, 6) is 0.980. The molecule has 1 amide bonds. The second kappa shape index (κ2) is 6.36. The van der Waals surface area contributed by atoms with Crippen molar-refractivity contribution in [3.8, 4) is 0 Å². The van der Waals surface area contributed by atoms with Gasteiger partial charge in [0.05, 0.1) is 10.9 Å². The van der Waals surface area contributed by atoms with Crippen LogP contribution in [0.1, 0.15) is 12.7 Å². The maximum atomic E-state index is 12.7. The zero-order valence-electron chi connectivity index (χ0n) is 14.7. The van der Waals surface area contributed by atoms with Crippen LogP contribution in [0.4, 0.5) is 0 Å². The van der Waals surface area contributed by atoms with Gasteiger partial charge in [0.25, 0.3) is 5.56 Å². The lowest BCUT2D eigenvalue weighted by Gasteiger charge is -2.22. The summed E-state index contributed by atoms with van der Waals surface area (Å²) in [6.45, 7) is 5.43. The van der Waals surface area contributed by atoms with Crippen LogP contribution in [-0.2, 0) is 11.3 Å². The SMILES string of the molecule is Cc1nc2ccccc2c(=O)n1CC(=O)N1C[C@H](C)[C@@H](N(C)C)C1. The zero-order valence-corrected chi connectivity index (χ0v) is 14.7. The highest BCUT2D eigenvalue weighted by Crippen LogP contribution is 2.20. The van der Waals surface area contributed by atoms with Gasteiger partial charge in [-0.15, -0.1) is 0 Å². The molecule has 1 aliphatic heterocycles. The van der Waals surface area contributed by atoms with Crippen molar-refractivity contribution >= 4 is 16.8 Å². The molecule has 2 aromatic rings. The highest BCUT2D eigenvalue weighted by molar-refractivity contribution is 5.79. The lowest BCUT2D eigenvalue weighted by molar-refractivity contribution is -0.131. The van der Waals surface area contributed by atoms with E-state index in [2.05, 4.69) is 16.8 Å². The Morgan fingerprint density at radius 2 is 2.00 bits per heavy atom. The summed E-state index contributed by atoms with van der Waals surface area (Å²) in [7, 11) is 4.08. The maximum absolute atomic E-state index is 12.7. The van der Waals surface area contributed by atoms with E-state index in [4.69, 9.17) is 0 Å². The number of amides is 1. The van der Waals surface area contributed by atoms with E-state index in [0.29, 0.717) is 35.2 Å². The first-order valence-corrected chi connectivity index (χ1v) is 8.29. The monoisotopic (exact) mass is 328 g/mol. The van der Waals surface area contributed by atoms with Crippen LogP contribution in [0, 0.1) is 12.8 Å². The molecule has 128 valence electrons. The number of fused-ring (bicyclic) bond motifs is 1. The molecule has 1 fully saturated rings. The van der Waals surface area contributed by atoms with E-state index in [1.807, 2.05) is 37.2 Å². The smallest absolute Gasteiger partial charge is 0.261 e.